The van der Waals surface area contributed by atoms with Crippen LogP contribution in [0.3, 0.4) is 0 Å². The lowest BCUT2D eigenvalue weighted by Gasteiger charge is -2.14. The highest BCUT2D eigenvalue weighted by atomic mass is 19.4. The molecule has 0 fully saturated rings. The maximum absolute atomic E-state index is 12.5. The Balaban J connectivity index is 1.92. The van der Waals surface area contributed by atoms with Gasteiger partial charge in [-0.2, -0.15) is 0 Å². The average molecular weight is 411 g/mol. The summed E-state index contributed by atoms with van der Waals surface area (Å²) in [4.78, 5) is 4.17. The molecule has 9 heteroatoms. The molecule has 2 aromatic carbocycles. The molecule has 2 rings (SSSR count). The molecule has 0 aromatic heterocycles. The number of nitrogens with two attached hydrogens (primary N) is 1. The van der Waals surface area contributed by atoms with Crippen LogP contribution < -0.4 is 15.8 Å². The summed E-state index contributed by atoms with van der Waals surface area (Å²) in [5, 5.41) is 2.64. The number of aliphatic imine (C=N–C) groups is 1. The Morgan fingerprint density at radius 2 is 1.76 bits per heavy atom. The molecule has 0 aliphatic carbocycles. The maximum Gasteiger partial charge on any atom is 0.573 e. The van der Waals surface area contributed by atoms with E-state index in [0.29, 0.717) is 26.4 Å². The largest absolute Gasteiger partial charge is 0.573 e. The van der Waals surface area contributed by atoms with Crippen LogP contribution in [0.15, 0.2) is 53.5 Å². The highest BCUT2D eigenvalue weighted by Crippen LogP contribution is 2.29. The van der Waals surface area contributed by atoms with E-state index in [2.05, 4.69) is 15.0 Å². The average Bonchev–Trinajstić information content (AvgIpc) is 2.67. The number of hydrogen-bond acceptors (Lipinski definition) is 4. The zero-order valence-corrected chi connectivity index (χ0v) is 16.0. The summed E-state index contributed by atoms with van der Waals surface area (Å²) in [6.45, 7) is 4.33. The Morgan fingerprint density at radius 1 is 1.03 bits per heavy atom. The second-order valence-corrected chi connectivity index (χ2v) is 5.94. The molecular weight excluding hydrogens is 387 g/mol. The molecule has 158 valence electrons. The molecule has 0 heterocycles. The Bertz CT molecular complexity index is 798. The van der Waals surface area contributed by atoms with E-state index >= 15 is 0 Å². The van der Waals surface area contributed by atoms with Crippen molar-refractivity contribution >= 4 is 11.6 Å². The second-order valence-electron chi connectivity index (χ2n) is 5.94. The van der Waals surface area contributed by atoms with Gasteiger partial charge in [-0.3, -0.25) is 0 Å². The first kappa shape index (κ1) is 22.5. The molecule has 0 aliphatic heterocycles. The summed E-state index contributed by atoms with van der Waals surface area (Å²) in [7, 11) is 0. The van der Waals surface area contributed by atoms with E-state index in [1.807, 2.05) is 31.2 Å². The number of para-hydroxylation sites is 2. The van der Waals surface area contributed by atoms with Gasteiger partial charge in [0, 0.05) is 6.61 Å². The molecule has 29 heavy (non-hydrogen) atoms. The number of alkyl halides is 3. The van der Waals surface area contributed by atoms with Crippen molar-refractivity contribution < 1.29 is 27.4 Å². The van der Waals surface area contributed by atoms with Gasteiger partial charge in [0.05, 0.1) is 32.1 Å². The van der Waals surface area contributed by atoms with Crippen LogP contribution in [0.1, 0.15) is 18.1 Å². The van der Waals surface area contributed by atoms with Crippen molar-refractivity contribution in [1.82, 2.24) is 0 Å². The lowest BCUT2D eigenvalue weighted by molar-refractivity contribution is -0.274. The fraction of sp³-hybridized carbons (Fsp3) is 0.350. The first-order chi connectivity index (χ1) is 13.9. The van der Waals surface area contributed by atoms with Crippen molar-refractivity contribution in [2.45, 2.75) is 26.4 Å². The number of halogens is 3. The SMILES string of the molecule is CCOCCOCc1cccc(CN=C(N)Nc2ccccc2OC(F)(F)F)c1. The predicted octanol–water partition coefficient (Wildman–Crippen LogP) is 4.07. The minimum absolute atomic E-state index is 0.0263. The van der Waals surface area contributed by atoms with Gasteiger partial charge in [0.1, 0.15) is 0 Å². The summed E-state index contributed by atoms with van der Waals surface area (Å²) in [5.41, 5.74) is 7.75. The zero-order valence-electron chi connectivity index (χ0n) is 16.0. The van der Waals surface area contributed by atoms with Gasteiger partial charge >= 0.3 is 6.36 Å². The van der Waals surface area contributed by atoms with Crippen LogP contribution in [-0.4, -0.2) is 32.1 Å². The van der Waals surface area contributed by atoms with Crippen molar-refractivity contribution in [3.05, 3.63) is 59.7 Å². The molecule has 0 atom stereocenters. The van der Waals surface area contributed by atoms with Crippen LogP contribution in [0.2, 0.25) is 0 Å². The number of guanidine groups is 1. The lowest BCUT2D eigenvalue weighted by Crippen LogP contribution is -2.24. The molecular formula is C20H24F3N3O3. The summed E-state index contributed by atoms with van der Waals surface area (Å²) in [6.07, 6.45) is -4.80. The first-order valence-corrected chi connectivity index (χ1v) is 9.02. The third kappa shape index (κ3) is 8.84. The summed E-state index contributed by atoms with van der Waals surface area (Å²) < 4.78 is 52.2. The Hall–Kier alpha value is -2.78. The van der Waals surface area contributed by atoms with Gasteiger partial charge in [-0.15, -0.1) is 13.2 Å². The van der Waals surface area contributed by atoms with E-state index in [4.69, 9.17) is 15.2 Å². The fourth-order valence-electron chi connectivity index (χ4n) is 2.41. The highest BCUT2D eigenvalue weighted by molar-refractivity contribution is 5.93. The normalized spacial score (nSPS) is 12.1. The van der Waals surface area contributed by atoms with Crippen molar-refractivity contribution in [2.75, 3.05) is 25.1 Å². The van der Waals surface area contributed by atoms with Crippen LogP contribution in [0.4, 0.5) is 18.9 Å². The number of nitrogens with one attached hydrogen (secondary N) is 1. The third-order valence-electron chi connectivity index (χ3n) is 3.64. The smallest absolute Gasteiger partial charge is 0.404 e. The number of ether oxygens (including phenoxy) is 3. The van der Waals surface area contributed by atoms with Crippen molar-refractivity contribution in [2.24, 2.45) is 10.7 Å². The fourth-order valence-corrected chi connectivity index (χ4v) is 2.41. The van der Waals surface area contributed by atoms with E-state index in [1.165, 1.54) is 18.2 Å². The summed E-state index contributed by atoms with van der Waals surface area (Å²) >= 11 is 0. The van der Waals surface area contributed by atoms with Gasteiger partial charge in [0.25, 0.3) is 0 Å². The van der Waals surface area contributed by atoms with Crippen LogP contribution in [0.5, 0.6) is 5.75 Å². The van der Waals surface area contributed by atoms with Gasteiger partial charge in [-0.05, 0) is 30.2 Å². The van der Waals surface area contributed by atoms with E-state index in [9.17, 15) is 13.2 Å². The number of hydrogen-bond donors (Lipinski definition) is 2. The number of nitrogens with zero attached hydrogens (tertiary/aromatic N) is 1. The maximum atomic E-state index is 12.5. The van der Waals surface area contributed by atoms with Crippen LogP contribution >= 0.6 is 0 Å². The van der Waals surface area contributed by atoms with Gasteiger partial charge in [0.2, 0.25) is 0 Å². The van der Waals surface area contributed by atoms with Gasteiger partial charge in [0.15, 0.2) is 11.7 Å². The monoisotopic (exact) mass is 411 g/mol. The molecule has 6 nitrogen and oxygen atoms in total. The standard InChI is InChI=1S/C20H24F3N3O3/c1-2-27-10-11-28-14-16-7-5-6-15(12-16)13-25-19(24)26-17-8-3-4-9-18(17)29-20(21,22)23/h3-9,12H,2,10-11,13-14H2,1H3,(H3,24,25,26). The second kappa shape index (κ2) is 11.3. The number of benzene rings is 2. The molecule has 3 N–H and O–H groups in total. The molecule has 0 amide bonds. The molecule has 2 aromatic rings. The minimum Gasteiger partial charge on any atom is -0.404 e. The van der Waals surface area contributed by atoms with E-state index in [0.717, 1.165) is 11.1 Å². The summed E-state index contributed by atoms with van der Waals surface area (Å²) in [5.74, 6) is -0.411. The van der Waals surface area contributed by atoms with Crippen LogP contribution in [0, 0.1) is 0 Å². The molecule has 0 bridgehead atoms. The van der Waals surface area contributed by atoms with E-state index in [1.54, 1.807) is 6.07 Å². The lowest BCUT2D eigenvalue weighted by atomic mass is 10.1. The topological polar surface area (TPSA) is 78.1 Å². The third-order valence-corrected chi connectivity index (χ3v) is 3.64. The Morgan fingerprint density at radius 3 is 2.52 bits per heavy atom. The van der Waals surface area contributed by atoms with Gasteiger partial charge < -0.3 is 25.3 Å². The Labute approximate surface area is 167 Å². The predicted molar refractivity (Wildman–Crippen MR) is 105 cm³/mol. The van der Waals surface area contributed by atoms with Gasteiger partial charge in [-0.1, -0.05) is 36.4 Å². The molecule has 0 unspecified atom stereocenters. The van der Waals surface area contributed by atoms with Gasteiger partial charge in [-0.25, -0.2) is 4.99 Å². The first-order valence-electron chi connectivity index (χ1n) is 9.02. The number of anilines is 1. The van der Waals surface area contributed by atoms with Crippen LogP contribution in [0.25, 0.3) is 0 Å². The van der Waals surface area contributed by atoms with E-state index in [-0.39, 0.29) is 23.9 Å². The minimum atomic E-state index is -4.80. The van der Waals surface area contributed by atoms with Crippen LogP contribution in [-0.2, 0) is 22.6 Å². The Kier molecular flexibility index (Phi) is 8.75. The number of rotatable bonds is 10. The molecule has 0 radical (unpaired) electrons. The van der Waals surface area contributed by atoms with Crippen molar-refractivity contribution in [1.29, 1.82) is 0 Å². The van der Waals surface area contributed by atoms with Crippen molar-refractivity contribution in [3.8, 4) is 5.75 Å². The van der Waals surface area contributed by atoms with E-state index < -0.39 is 6.36 Å². The zero-order chi connectivity index (χ0) is 21.1. The molecule has 0 spiro atoms. The quantitative estimate of drug-likeness (QED) is 0.350. The molecule has 0 saturated carbocycles. The summed E-state index contributed by atoms with van der Waals surface area (Å²) in [6, 6.07) is 13.2. The highest BCUT2D eigenvalue weighted by Gasteiger charge is 2.32. The molecule has 0 aliphatic rings. The van der Waals surface area contributed by atoms with Crippen molar-refractivity contribution in [3.63, 3.8) is 0 Å². The molecule has 0 saturated heterocycles.